The Balaban J connectivity index is 1.07. The van der Waals surface area contributed by atoms with Crippen LogP contribution in [0.5, 0.6) is 5.75 Å². The maximum atomic E-state index is 11.7. The van der Waals surface area contributed by atoms with Crippen molar-refractivity contribution in [2.75, 3.05) is 0 Å². The summed E-state index contributed by atoms with van der Waals surface area (Å²) in [6.07, 6.45) is 6.63. The molecule has 6 rings (SSSR count). The molecular formula is C30H32Cl3N3O6S. The summed E-state index contributed by atoms with van der Waals surface area (Å²) in [6.45, 7) is 0.197. The molecule has 43 heavy (non-hydrogen) atoms. The Bertz CT molecular complexity index is 1570. The van der Waals surface area contributed by atoms with Crippen LogP contribution in [-0.4, -0.2) is 30.8 Å². The number of hydrogen-bond acceptors (Lipinski definition) is 7. The van der Waals surface area contributed by atoms with Gasteiger partial charge in [0, 0.05) is 23.1 Å². The fourth-order valence-electron chi connectivity index (χ4n) is 6.56. The zero-order chi connectivity index (χ0) is 30.3. The summed E-state index contributed by atoms with van der Waals surface area (Å²) in [5.41, 5.74) is 1.68. The van der Waals surface area contributed by atoms with Crippen LogP contribution in [0.2, 0.25) is 15.1 Å². The molecule has 1 aromatic heterocycles. The molecule has 3 fully saturated rings. The third-order valence-corrected chi connectivity index (χ3v) is 10.3. The van der Waals surface area contributed by atoms with Crippen LogP contribution in [-0.2, 0) is 23.1 Å². The van der Waals surface area contributed by atoms with E-state index in [0.29, 0.717) is 68.2 Å². The fourth-order valence-corrected chi connectivity index (χ4v) is 7.72. The van der Waals surface area contributed by atoms with Crippen molar-refractivity contribution in [1.82, 2.24) is 15.2 Å². The first-order chi connectivity index (χ1) is 20.6. The van der Waals surface area contributed by atoms with Crippen molar-refractivity contribution >= 4 is 51.7 Å². The number of carbonyl (C=O) groups excluding carboxylic acids is 1. The molecule has 3 aliphatic rings. The van der Waals surface area contributed by atoms with E-state index in [2.05, 4.69) is 10.5 Å². The van der Waals surface area contributed by atoms with Crippen LogP contribution in [0.4, 0.5) is 4.79 Å². The first-order valence-corrected chi connectivity index (χ1v) is 16.7. The number of aromatic nitrogens is 1. The van der Waals surface area contributed by atoms with Gasteiger partial charge in [0.2, 0.25) is 10.9 Å². The molecule has 230 valence electrons. The summed E-state index contributed by atoms with van der Waals surface area (Å²) in [7, 11) is -2.97. The summed E-state index contributed by atoms with van der Waals surface area (Å²) >= 11 is 19.6. The van der Waals surface area contributed by atoms with Gasteiger partial charge >= 0.3 is 6.03 Å². The van der Waals surface area contributed by atoms with Crippen LogP contribution in [0.1, 0.15) is 74.2 Å². The molecule has 0 saturated heterocycles. The molecule has 13 heteroatoms. The van der Waals surface area contributed by atoms with Gasteiger partial charge in [0.25, 0.3) is 0 Å². The average molecular weight is 669 g/mol. The number of aliphatic hydroxyl groups is 1. The van der Waals surface area contributed by atoms with Gasteiger partial charge in [-0.05, 0) is 87.5 Å². The third kappa shape index (κ3) is 6.63. The largest absolute Gasteiger partial charge is 0.489 e. The van der Waals surface area contributed by atoms with Crippen LogP contribution < -0.4 is 14.8 Å². The van der Waals surface area contributed by atoms with E-state index in [4.69, 9.17) is 44.1 Å². The number of nitrogens with zero attached hydrogens (tertiary/aromatic N) is 1. The number of hydrogen-bond donors (Lipinski definition) is 4. The van der Waals surface area contributed by atoms with E-state index in [1.165, 1.54) is 0 Å². The summed E-state index contributed by atoms with van der Waals surface area (Å²) in [4.78, 5) is 11.7. The number of carbonyl (C=O) groups is 1. The lowest BCUT2D eigenvalue weighted by Crippen LogP contribution is -2.47. The molecule has 1 heterocycles. The normalized spacial score (nSPS) is 25.3. The smallest absolute Gasteiger partial charge is 0.328 e. The fraction of sp³-hybridized carbons (Fsp3) is 0.467. The molecule has 3 N–H and O–H groups in total. The lowest BCUT2D eigenvalue weighted by molar-refractivity contribution is -0.102. The van der Waals surface area contributed by atoms with Crippen LogP contribution in [0, 0.1) is 11.8 Å². The Labute approximate surface area is 266 Å². The highest BCUT2D eigenvalue weighted by Gasteiger charge is 2.48. The predicted molar refractivity (Wildman–Crippen MR) is 164 cm³/mol. The Morgan fingerprint density at radius 1 is 1.00 bits per heavy atom. The van der Waals surface area contributed by atoms with E-state index in [-0.39, 0.29) is 12.6 Å². The molecule has 2 amide bonds. The van der Waals surface area contributed by atoms with Gasteiger partial charge in [-0.1, -0.05) is 52.1 Å². The number of amides is 2. The summed E-state index contributed by atoms with van der Waals surface area (Å²) in [5.74, 6) is 2.44. The van der Waals surface area contributed by atoms with Crippen molar-refractivity contribution in [3.05, 3.63) is 68.4 Å². The number of ether oxygens (including phenoxy) is 1. The van der Waals surface area contributed by atoms with Crippen LogP contribution in [0.25, 0.3) is 11.3 Å². The van der Waals surface area contributed by atoms with E-state index in [0.717, 1.165) is 49.8 Å². The highest BCUT2D eigenvalue weighted by molar-refractivity contribution is 7.70. The Kier molecular flexibility index (Phi) is 8.86. The van der Waals surface area contributed by atoms with Gasteiger partial charge in [0.05, 0.1) is 26.2 Å². The molecule has 0 spiro atoms. The summed E-state index contributed by atoms with van der Waals surface area (Å²) < 4.78 is 35.1. The predicted octanol–water partition coefficient (Wildman–Crippen LogP) is 6.74. The molecule has 3 aromatic rings. The number of rotatable bonds is 9. The zero-order valence-corrected chi connectivity index (χ0v) is 26.3. The molecule has 0 radical (unpaired) electrons. The Hall–Kier alpha value is -2.50. The van der Waals surface area contributed by atoms with Crippen LogP contribution in [0.15, 0.2) is 40.9 Å². The van der Waals surface area contributed by atoms with Crippen molar-refractivity contribution in [3.8, 4) is 17.0 Å². The second-order valence-corrected chi connectivity index (χ2v) is 13.8. The second kappa shape index (κ2) is 12.5. The minimum absolute atomic E-state index is 0.0527. The molecule has 2 aromatic carbocycles. The Morgan fingerprint density at radius 2 is 1.70 bits per heavy atom. The minimum atomic E-state index is -2.97. The quantitative estimate of drug-likeness (QED) is 0.186. The molecule has 9 nitrogen and oxygen atoms in total. The van der Waals surface area contributed by atoms with Crippen molar-refractivity contribution < 1.29 is 27.6 Å². The lowest BCUT2D eigenvalue weighted by Gasteiger charge is -2.49. The van der Waals surface area contributed by atoms with Gasteiger partial charge in [-0.3, -0.25) is 0 Å². The van der Waals surface area contributed by atoms with Gasteiger partial charge in [-0.2, -0.15) is 0 Å². The molecular weight excluding hydrogens is 637 g/mol. The average Bonchev–Trinajstić information content (AvgIpc) is 3.70. The highest BCUT2D eigenvalue weighted by Crippen LogP contribution is 2.53. The highest BCUT2D eigenvalue weighted by atomic mass is 35.5. The summed E-state index contributed by atoms with van der Waals surface area (Å²) in [6, 6.07) is 9.94. The number of urea groups is 1. The van der Waals surface area contributed by atoms with Crippen molar-refractivity contribution in [2.24, 2.45) is 11.8 Å². The van der Waals surface area contributed by atoms with Gasteiger partial charge in [0.1, 0.15) is 23.8 Å². The van der Waals surface area contributed by atoms with Crippen LogP contribution >= 0.6 is 34.8 Å². The summed E-state index contributed by atoms with van der Waals surface area (Å²) in [5, 5.41) is 19.8. The van der Waals surface area contributed by atoms with Crippen LogP contribution in [0.3, 0.4) is 0 Å². The van der Waals surface area contributed by atoms with Crippen molar-refractivity contribution in [1.29, 1.82) is 0 Å². The van der Waals surface area contributed by atoms with E-state index < -0.39 is 22.5 Å². The second-order valence-electron chi connectivity index (χ2n) is 11.8. The number of nitrogens with one attached hydrogen (secondary N) is 2. The molecule has 0 unspecified atom stereocenters. The molecule has 0 atom stereocenters. The monoisotopic (exact) mass is 667 g/mol. The topological polar surface area (TPSA) is 131 Å². The van der Waals surface area contributed by atoms with Crippen molar-refractivity contribution in [2.45, 2.75) is 75.5 Å². The molecule has 3 aliphatic carbocycles. The van der Waals surface area contributed by atoms with E-state index in [1.807, 2.05) is 16.9 Å². The molecule has 0 aliphatic heterocycles. The first kappa shape index (κ1) is 30.5. The van der Waals surface area contributed by atoms with Crippen molar-refractivity contribution in [3.63, 3.8) is 0 Å². The first-order valence-electron chi connectivity index (χ1n) is 14.4. The zero-order valence-electron chi connectivity index (χ0n) is 23.2. The van der Waals surface area contributed by atoms with Gasteiger partial charge < -0.3 is 19.7 Å². The standard InChI is InChI=1S/C30H32Cl3N3O6S/c31-23-2-1-3-24(32)26(23)27-21(28(42-35-27)17-4-5-17)15-41-20-10-11-22(25(33)12-20)30(38)13-18(14-30)16-6-8-19(9-7-16)34-29(37)36-43(39)40/h1-3,10-12,16-19,38,43H,4-9,13-15H2,(H2,34,36,37,39,40). The third-order valence-electron chi connectivity index (χ3n) is 8.96. The number of benzene rings is 2. The Morgan fingerprint density at radius 3 is 2.33 bits per heavy atom. The minimum Gasteiger partial charge on any atom is -0.489 e. The van der Waals surface area contributed by atoms with Gasteiger partial charge in [-0.15, -0.1) is 0 Å². The van der Waals surface area contributed by atoms with E-state index >= 15 is 0 Å². The maximum absolute atomic E-state index is 11.7. The van der Waals surface area contributed by atoms with Gasteiger partial charge in [0.15, 0.2) is 0 Å². The van der Waals surface area contributed by atoms with E-state index in [1.54, 1.807) is 24.3 Å². The maximum Gasteiger partial charge on any atom is 0.328 e. The number of thiol groups is 1. The van der Waals surface area contributed by atoms with Gasteiger partial charge in [-0.25, -0.2) is 17.9 Å². The molecule has 3 saturated carbocycles. The molecule has 0 bridgehead atoms. The lowest BCUT2D eigenvalue weighted by atomic mass is 9.60. The number of halogens is 3. The van der Waals surface area contributed by atoms with E-state index in [9.17, 15) is 18.3 Å². The SMILES string of the molecule is O=C(NC1CCC(C2CC(O)(c3ccc(OCc4c(-c5c(Cl)cccc5Cl)noc4C4CC4)cc3Cl)C2)CC1)N[SH](=O)=O.